The molecule has 1 aromatic rings. The van der Waals surface area contributed by atoms with Crippen molar-refractivity contribution in [3.05, 3.63) is 35.9 Å². The molecule has 0 saturated heterocycles. The van der Waals surface area contributed by atoms with E-state index in [1.807, 2.05) is 6.07 Å². The summed E-state index contributed by atoms with van der Waals surface area (Å²) < 4.78 is 0. The molecule has 16 N–H and O–H groups in total. The van der Waals surface area contributed by atoms with Crippen molar-refractivity contribution in [3.8, 4) is 0 Å². The van der Waals surface area contributed by atoms with Gasteiger partial charge >= 0.3 is 0 Å². The van der Waals surface area contributed by atoms with E-state index in [4.69, 9.17) is 28.7 Å². The van der Waals surface area contributed by atoms with Crippen LogP contribution in [0.3, 0.4) is 0 Å². The predicted octanol–water partition coefficient (Wildman–Crippen LogP) is -4.70. The lowest BCUT2D eigenvalue weighted by Crippen LogP contribution is -2.58. The van der Waals surface area contributed by atoms with E-state index in [-0.39, 0.29) is 64.7 Å². The quantitative estimate of drug-likeness (QED) is 0.0530. The number of hydrogen-bond acceptors (Lipinski definition) is 11. The van der Waals surface area contributed by atoms with E-state index < -0.39 is 71.8 Å². The Morgan fingerprint density at radius 2 is 1.28 bits per heavy atom. The predicted molar refractivity (Wildman–Crippen MR) is 170 cm³/mol. The Labute approximate surface area is 268 Å². The third-order valence-corrected chi connectivity index (χ3v) is 6.89. The van der Waals surface area contributed by atoms with Gasteiger partial charge in [0.1, 0.15) is 24.2 Å². The number of nitrogens with one attached hydrogen (secondary N) is 5. The SMILES string of the molecule is C[C@@H](O)[C@H](NC(=O)[C@H](CCN)NC(=O)[C@@H](N)CCN)C(=O)NCCCC(=O)N[C@@H](CCN)C(=O)N[C@H](Cc1ccccc1)C(N)=O. The second-order valence-electron chi connectivity index (χ2n) is 10.8. The number of primary amides is 1. The van der Waals surface area contributed by atoms with Crippen molar-refractivity contribution in [1.82, 2.24) is 26.6 Å². The van der Waals surface area contributed by atoms with E-state index in [0.717, 1.165) is 5.56 Å². The lowest BCUT2D eigenvalue weighted by Gasteiger charge is -2.25. The third-order valence-electron chi connectivity index (χ3n) is 6.89. The third kappa shape index (κ3) is 14.7. The molecule has 0 heterocycles. The zero-order valence-corrected chi connectivity index (χ0v) is 26.2. The van der Waals surface area contributed by atoms with Gasteiger partial charge in [0.25, 0.3) is 0 Å². The van der Waals surface area contributed by atoms with Gasteiger partial charge in [-0.1, -0.05) is 30.3 Å². The monoisotopic (exact) mass is 650 g/mol. The maximum Gasteiger partial charge on any atom is 0.245 e. The van der Waals surface area contributed by atoms with E-state index >= 15 is 0 Å². The van der Waals surface area contributed by atoms with Gasteiger partial charge in [-0.25, -0.2) is 0 Å². The van der Waals surface area contributed by atoms with Crippen molar-refractivity contribution in [2.75, 3.05) is 26.2 Å². The van der Waals surface area contributed by atoms with Crippen LogP contribution in [0.25, 0.3) is 0 Å². The standard InChI is InChI=1S/C29H50N10O7/c1-17(40)24(39-28(45)21(11-14-32)37-26(43)19(33)9-12-30)29(46)35-15-5-8-23(41)36-20(10-13-31)27(44)38-22(25(34)42)16-18-6-3-2-4-7-18/h2-4,6-7,17,19-22,24,40H,5,8-16,30-33H2,1H3,(H2,34,42)(H,35,46)(H,36,41)(H,37,43)(H,38,44)(H,39,45)/t17-,19+,20+,21+,22-,24+/m1/s1. The number of rotatable bonds is 22. The van der Waals surface area contributed by atoms with Crippen molar-refractivity contribution >= 4 is 35.4 Å². The van der Waals surface area contributed by atoms with Gasteiger partial charge in [0.15, 0.2) is 0 Å². The number of hydrogen-bond donors (Lipinski definition) is 11. The highest BCUT2D eigenvalue weighted by atomic mass is 16.3. The van der Waals surface area contributed by atoms with Crippen LogP contribution in [0.2, 0.25) is 0 Å². The van der Waals surface area contributed by atoms with Crippen molar-refractivity contribution in [2.45, 2.75) is 81.8 Å². The molecule has 0 radical (unpaired) electrons. The van der Waals surface area contributed by atoms with Gasteiger partial charge in [-0.3, -0.25) is 28.8 Å². The number of benzene rings is 1. The Kier molecular flexibility index (Phi) is 18.7. The minimum Gasteiger partial charge on any atom is -0.391 e. The van der Waals surface area contributed by atoms with E-state index in [9.17, 15) is 33.9 Å². The maximum atomic E-state index is 12.9. The summed E-state index contributed by atoms with van der Waals surface area (Å²) in [4.78, 5) is 75.3. The molecule has 0 spiro atoms. The van der Waals surface area contributed by atoms with Crippen LogP contribution in [0.4, 0.5) is 0 Å². The van der Waals surface area contributed by atoms with E-state index in [0.29, 0.717) is 0 Å². The Bertz CT molecular complexity index is 1140. The largest absolute Gasteiger partial charge is 0.391 e. The summed E-state index contributed by atoms with van der Waals surface area (Å²) >= 11 is 0. The Balaban J connectivity index is 2.66. The summed E-state index contributed by atoms with van der Waals surface area (Å²) in [6.07, 6.45) is -0.715. The minimum absolute atomic E-state index is 0.00315. The molecule has 1 aromatic carbocycles. The highest BCUT2D eigenvalue weighted by Crippen LogP contribution is 2.05. The molecular weight excluding hydrogens is 600 g/mol. The van der Waals surface area contributed by atoms with E-state index in [1.165, 1.54) is 6.92 Å². The van der Waals surface area contributed by atoms with Crippen LogP contribution in [0.1, 0.15) is 44.6 Å². The van der Waals surface area contributed by atoms with Crippen LogP contribution in [0, 0.1) is 0 Å². The van der Waals surface area contributed by atoms with Crippen molar-refractivity contribution in [1.29, 1.82) is 0 Å². The molecule has 17 heteroatoms. The number of carbonyl (C=O) groups excluding carboxylic acids is 6. The fourth-order valence-corrected chi connectivity index (χ4v) is 4.30. The number of carbonyl (C=O) groups is 6. The molecule has 17 nitrogen and oxygen atoms in total. The Morgan fingerprint density at radius 3 is 1.83 bits per heavy atom. The first-order chi connectivity index (χ1) is 21.8. The molecule has 6 atom stereocenters. The zero-order chi connectivity index (χ0) is 34.6. The molecule has 6 amide bonds. The molecule has 0 aliphatic heterocycles. The number of nitrogens with two attached hydrogens (primary N) is 5. The van der Waals surface area contributed by atoms with Gasteiger partial charge in [-0.15, -0.1) is 0 Å². The summed E-state index contributed by atoms with van der Waals surface area (Å²) in [7, 11) is 0. The first kappa shape index (κ1) is 39.9. The lowest BCUT2D eigenvalue weighted by molar-refractivity contribution is -0.134. The average molecular weight is 651 g/mol. The van der Waals surface area contributed by atoms with Gasteiger partial charge < -0.3 is 60.4 Å². The van der Waals surface area contributed by atoms with E-state index in [1.54, 1.807) is 24.3 Å². The molecule has 0 fully saturated rings. The molecule has 1 rings (SSSR count). The first-order valence-electron chi connectivity index (χ1n) is 15.2. The summed E-state index contributed by atoms with van der Waals surface area (Å²) in [5.74, 6) is -3.93. The van der Waals surface area contributed by atoms with Gasteiger partial charge in [0.05, 0.1) is 12.1 Å². The summed E-state index contributed by atoms with van der Waals surface area (Å²) in [5.41, 5.74) is 28.6. The molecule has 0 aromatic heterocycles. The van der Waals surface area contributed by atoms with Crippen molar-refractivity contribution in [3.63, 3.8) is 0 Å². The lowest BCUT2D eigenvalue weighted by atomic mass is 10.0. The fraction of sp³-hybridized carbons (Fsp3) is 0.586. The maximum absolute atomic E-state index is 12.9. The van der Waals surface area contributed by atoms with Crippen molar-refractivity contribution < 1.29 is 33.9 Å². The summed E-state index contributed by atoms with van der Waals surface area (Å²) in [6, 6.07) is 3.54. The van der Waals surface area contributed by atoms with Crippen LogP contribution in [0.15, 0.2) is 30.3 Å². The number of aliphatic hydroxyl groups excluding tert-OH is 1. The molecule has 0 aliphatic carbocycles. The molecule has 0 bridgehead atoms. The molecule has 46 heavy (non-hydrogen) atoms. The topological polar surface area (TPSA) is 313 Å². The Hall–Kier alpha value is -4.16. The van der Waals surface area contributed by atoms with Crippen LogP contribution in [-0.2, 0) is 35.2 Å². The normalized spacial score (nSPS) is 14.8. The highest BCUT2D eigenvalue weighted by molar-refractivity contribution is 5.93. The van der Waals surface area contributed by atoms with E-state index in [2.05, 4.69) is 26.6 Å². The van der Waals surface area contributed by atoms with Crippen LogP contribution in [0.5, 0.6) is 0 Å². The smallest absolute Gasteiger partial charge is 0.245 e. The molecule has 0 aliphatic rings. The summed E-state index contributed by atoms with van der Waals surface area (Å²) in [5, 5.41) is 22.7. The highest BCUT2D eigenvalue weighted by Gasteiger charge is 2.30. The zero-order valence-electron chi connectivity index (χ0n) is 26.2. The second kappa shape index (κ2) is 21.6. The average Bonchev–Trinajstić information content (AvgIpc) is 3.01. The molecule has 258 valence electrons. The number of aliphatic hydroxyl groups is 1. The minimum atomic E-state index is -1.37. The molecule has 0 unspecified atom stereocenters. The van der Waals surface area contributed by atoms with Gasteiger partial charge in [-0.05, 0) is 57.8 Å². The van der Waals surface area contributed by atoms with Gasteiger partial charge in [-0.2, -0.15) is 0 Å². The van der Waals surface area contributed by atoms with Gasteiger partial charge in [0.2, 0.25) is 35.4 Å². The molecule has 0 saturated carbocycles. The Morgan fingerprint density at radius 1 is 0.739 bits per heavy atom. The van der Waals surface area contributed by atoms with Crippen molar-refractivity contribution in [2.24, 2.45) is 28.7 Å². The van der Waals surface area contributed by atoms with Crippen LogP contribution in [-0.4, -0.2) is 103 Å². The summed E-state index contributed by atoms with van der Waals surface area (Å²) in [6.45, 7) is 1.60. The number of amides is 6. The first-order valence-corrected chi connectivity index (χ1v) is 15.2. The van der Waals surface area contributed by atoms with Gasteiger partial charge in [0, 0.05) is 19.4 Å². The fourth-order valence-electron chi connectivity index (χ4n) is 4.30. The van der Waals surface area contributed by atoms with Crippen LogP contribution < -0.4 is 55.3 Å². The second-order valence-corrected chi connectivity index (χ2v) is 10.8. The molecular formula is C29H50N10O7. The van der Waals surface area contributed by atoms with Crippen LogP contribution >= 0.6 is 0 Å².